The number of likely N-dealkylation sites (tertiary alicyclic amines) is 1. The Labute approximate surface area is 198 Å². The molecule has 0 bridgehead atoms. The molecule has 0 unspecified atom stereocenters. The normalized spacial score (nSPS) is 14.2. The Morgan fingerprint density at radius 3 is 2.58 bits per heavy atom. The monoisotopic (exact) mass is 466 g/mol. The van der Waals surface area contributed by atoms with Crippen LogP contribution in [0, 0.1) is 5.92 Å². The lowest BCUT2D eigenvalue weighted by atomic mass is 9.95. The molecule has 1 saturated heterocycles. The summed E-state index contributed by atoms with van der Waals surface area (Å²) in [6.45, 7) is 2.16. The Kier molecular flexibility index (Phi) is 7.29. The van der Waals surface area contributed by atoms with Crippen molar-refractivity contribution in [2.75, 3.05) is 20.2 Å². The van der Waals surface area contributed by atoms with E-state index in [9.17, 15) is 9.59 Å². The van der Waals surface area contributed by atoms with Crippen molar-refractivity contribution in [3.8, 4) is 5.75 Å². The van der Waals surface area contributed by atoms with Gasteiger partial charge in [-0.15, -0.1) is 0 Å². The number of ether oxygens (including phenoxy) is 1. The molecule has 1 fully saturated rings. The lowest BCUT2D eigenvalue weighted by Gasteiger charge is -2.31. The van der Waals surface area contributed by atoms with Gasteiger partial charge in [0.25, 0.3) is 5.91 Å². The van der Waals surface area contributed by atoms with E-state index in [4.69, 9.17) is 16.3 Å². The number of hydrogen-bond acceptors (Lipinski definition) is 4. The standard InChI is InChI=1S/C25H27ClN4O3/c1-33-23-8-7-21(26)15-22(23)25(32)29-13-9-18(10-14-29)24(31)27-16-19-5-2-3-6-20(19)17-30-12-4-11-28-30/h2-8,11-12,15,18H,9-10,13-14,16-17H2,1H3,(H,27,31). The minimum atomic E-state index is -0.124. The number of hydrogen-bond donors (Lipinski definition) is 1. The number of rotatable bonds is 7. The summed E-state index contributed by atoms with van der Waals surface area (Å²) in [6.07, 6.45) is 4.91. The molecular weight excluding hydrogens is 440 g/mol. The van der Waals surface area contributed by atoms with E-state index in [0.717, 1.165) is 11.1 Å². The fourth-order valence-electron chi connectivity index (χ4n) is 4.14. The van der Waals surface area contributed by atoms with Crippen LogP contribution in [0.1, 0.15) is 34.3 Å². The highest BCUT2D eigenvalue weighted by Gasteiger charge is 2.29. The van der Waals surface area contributed by atoms with Crippen LogP contribution in [0.4, 0.5) is 0 Å². The average molecular weight is 467 g/mol. The molecular formula is C25H27ClN4O3. The summed E-state index contributed by atoms with van der Waals surface area (Å²) in [5, 5.41) is 7.83. The van der Waals surface area contributed by atoms with Gasteiger partial charge in [-0.2, -0.15) is 5.10 Å². The molecule has 4 rings (SSSR count). The van der Waals surface area contributed by atoms with Crippen molar-refractivity contribution in [2.24, 2.45) is 5.92 Å². The van der Waals surface area contributed by atoms with Crippen molar-refractivity contribution in [3.63, 3.8) is 0 Å². The molecule has 7 nitrogen and oxygen atoms in total. The van der Waals surface area contributed by atoms with Gasteiger partial charge in [-0.3, -0.25) is 14.3 Å². The number of nitrogens with one attached hydrogen (secondary N) is 1. The molecule has 33 heavy (non-hydrogen) atoms. The molecule has 1 aliphatic rings. The van der Waals surface area contributed by atoms with Gasteiger partial charge < -0.3 is 15.0 Å². The zero-order chi connectivity index (χ0) is 23.2. The second-order valence-electron chi connectivity index (χ2n) is 8.10. The van der Waals surface area contributed by atoms with E-state index in [1.165, 1.54) is 7.11 Å². The van der Waals surface area contributed by atoms with Crippen LogP contribution in [-0.4, -0.2) is 46.7 Å². The van der Waals surface area contributed by atoms with E-state index >= 15 is 0 Å². The zero-order valence-electron chi connectivity index (χ0n) is 18.5. The van der Waals surface area contributed by atoms with Crippen LogP contribution in [0.15, 0.2) is 60.9 Å². The topological polar surface area (TPSA) is 76.5 Å². The number of piperidine rings is 1. The number of carbonyl (C=O) groups is 2. The highest BCUT2D eigenvalue weighted by Crippen LogP contribution is 2.26. The van der Waals surface area contributed by atoms with Crippen molar-refractivity contribution in [1.82, 2.24) is 20.0 Å². The Morgan fingerprint density at radius 1 is 1.12 bits per heavy atom. The molecule has 1 N–H and O–H groups in total. The SMILES string of the molecule is COc1ccc(Cl)cc1C(=O)N1CCC(C(=O)NCc2ccccc2Cn2cccn2)CC1. The number of halogens is 1. The first-order valence-electron chi connectivity index (χ1n) is 11.0. The van der Waals surface area contributed by atoms with Gasteiger partial charge in [-0.25, -0.2) is 0 Å². The minimum Gasteiger partial charge on any atom is -0.496 e. The third-order valence-electron chi connectivity index (χ3n) is 6.01. The van der Waals surface area contributed by atoms with E-state index in [2.05, 4.69) is 16.5 Å². The maximum Gasteiger partial charge on any atom is 0.257 e. The van der Waals surface area contributed by atoms with Gasteiger partial charge in [0.2, 0.25) is 5.91 Å². The first kappa shape index (κ1) is 22.9. The van der Waals surface area contributed by atoms with Gasteiger partial charge in [0.05, 0.1) is 19.2 Å². The molecule has 2 amide bonds. The van der Waals surface area contributed by atoms with Gasteiger partial charge >= 0.3 is 0 Å². The summed E-state index contributed by atoms with van der Waals surface area (Å²) >= 11 is 6.07. The third kappa shape index (κ3) is 5.54. The molecule has 0 atom stereocenters. The van der Waals surface area contributed by atoms with Crippen LogP contribution in [0.25, 0.3) is 0 Å². The van der Waals surface area contributed by atoms with E-state index in [1.54, 1.807) is 29.3 Å². The second kappa shape index (κ2) is 10.5. The lowest BCUT2D eigenvalue weighted by Crippen LogP contribution is -2.43. The first-order chi connectivity index (χ1) is 16.0. The third-order valence-corrected chi connectivity index (χ3v) is 6.24. The van der Waals surface area contributed by atoms with Crippen molar-refractivity contribution in [1.29, 1.82) is 0 Å². The van der Waals surface area contributed by atoms with E-state index in [1.807, 2.05) is 35.1 Å². The molecule has 3 aromatic rings. The molecule has 0 spiro atoms. The number of aromatic nitrogens is 2. The molecule has 0 aliphatic carbocycles. The Hall–Kier alpha value is -3.32. The van der Waals surface area contributed by atoms with Crippen LogP contribution in [0.2, 0.25) is 5.02 Å². The highest BCUT2D eigenvalue weighted by atomic mass is 35.5. The van der Waals surface area contributed by atoms with Crippen LogP contribution >= 0.6 is 11.6 Å². The fourth-order valence-corrected chi connectivity index (χ4v) is 4.31. The average Bonchev–Trinajstić information content (AvgIpc) is 3.36. The van der Waals surface area contributed by atoms with Crippen LogP contribution in [0.5, 0.6) is 5.75 Å². The van der Waals surface area contributed by atoms with Gasteiger partial charge in [-0.1, -0.05) is 35.9 Å². The smallest absolute Gasteiger partial charge is 0.257 e. The largest absolute Gasteiger partial charge is 0.496 e. The Bertz CT molecular complexity index is 1110. The number of carbonyl (C=O) groups excluding carboxylic acids is 2. The molecule has 0 saturated carbocycles. The predicted molar refractivity (Wildman–Crippen MR) is 126 cm³/mol. The predicted octanol–water partition coefficient (Wildman–Crippen LogP) is 3.76. The summed E-state index contributed by atoms with van der Waals surface area (Å²) in [5.41, 5.74) is 2.64. The Balaban J connectivity index is 1.32. The Morgan fingerprint density at radius 2 is 1.88 bits per heavy atom. The number of benzene rings is 2. The molecule has 0 radical (unpaired) electrons. The van der Waals surface area contributed by atoms with Gasteiger partial charge in [-0.05, 0) is 48.2 Å². The van der Waals surface area contributed by atoms with E-state index in [-0.39, 0.29) is 17.7 Å². The number of methoxy groups -OCH3 is 1. The van der Waals surface area contributed by atoms with Crippen LogP contribution < -0.4 is 10.1 Å². The molecule has 1 aromatic heterocycles. The number of amides is 2. The quantitative estimate of drug-likeness (QED) is 0.575. The molecule has 172 valence electrons. The minimum absolute atomic E-state index is 0.0244. The van der Waals surface area contributed by atoms with Crippen molar-refractivity contribution in [2.45, 2.75) is 25.9 Å². The summed E-state index contributed by atoms with van der Waals surface area (Å²) < 4.78 is 7.18. The zero-order valence-corrected chi connectivity index (χ0v) is 19.3. The first-order valence-corrected chi connectivity index (χ1v) is 11.4. The maximum absolute atomic E-state index is 13.0. The fraction of sp³-hybridized carbons (Fsp3) is 0.320. The van der Waals surface area contributed by atoms with Gasteiger partial charge in [0.1, 0.15) is 5.75 Å². The van der Waals surface area contributed by atoms with Crippen molar-refractivity contribution >= 4 is 23.4 Å². The summed E-state index contributed by atoms with van der Waals surface area (Å²) in [4.78, 5) is 27.5. The number of nitrogens with zero attached hydrogens (tertiary/aromatic N) is 3. The summed E-state index contributed by atoms with van der Waals surface area (Å²) in [7, 11) is 1.53. The van der Waals surface area contributed by atoms with Crippen molar-refractivity contribution < 1.29 is 14.3 Å². The molecule has 2 aromatic carbocycles. The second-order valence-corrected chi connectivity index (χ2v) is 8.54. The van der Waals surface area contributed by atoms with Gasteiger partial charge in [0.15, 0.2) is 0 Å². The van der Waals surface area contributed by atoms with Gasteiger partial charge in [0, 0.05) is 43.0 Å². The maximum atomic E-state index is 13.0. The summed E-state index contributed by atoms with van der Waals surface area (Å²) in [6, 6.07) is 15.0. The molecule has 1 aliphatic heterocycles. The van der Waals surface area contributed by atoms with Crippen molar-refractivity contribution in [3.05, 3.63) is 82.6 Å². The molecule has 8 heteroatoms. The molecule has 2 heterocycles. The van der Waals surface area contributed by atoms with Crippen LogP contribution in [0.3, 0.4) is 0 Å². The van der Waals surface area contributed by atoms with E-state index in [0.29, 0.717) is 55.4 Å². The lowest BCUT2D eigenvalue weighted by molar-refractivity contribution is -0.126. The summed E-state index contributed by atoms with van der Waals surface area (Å²) in [5.74, 6) is 0.281. The highest BCUT2D eigenvalue weighted by molar-refractivity contribution is 6.31. The van der Waals surface area contributed by atoms with E-state index < -0.39 is 0 Å². The van der Waals surface area contributed by atoms with Crippen LogP contribution in [-0.2, 0) is 17.9 Å².